The number of nitrogens with two attached hydrogens (primary N) is 1. The summed E-state index contributed by atoms with van der Waals surface area (Å²) in [5.74, 6) is 1.97. The Morgan fingerprint density at radius 3 is 2.88 bits per heavy atom. The van der Waals surface area contributed by atoms with E-state index < -0.39 is 0 Å². The van der Waals surface area contributed by atoms with Crippen molar-refractivity contribution >= 4 is 24.0 Å². The number of anilines is 1. The summed E-state index contributed by atoms with van der Waals surface area (Å²) in [5.41, 5.74) is 6.99. The van der Waals surface area contributed by atoms with Crippen molar-refractivity contribution in [1.29, 1.82) is 0 Å². The number of likely N-dealkylation sites (tertiary alicyclic amines) is 1. The molecule has 3 atom stereocenters. The van der Waals surface area contributed by atoms with Gasteiger partial charge >= 0.3 is 0 Å². The Kier molecular flexibility index (Phi) is 6.90. The summed E-state index contributed by atoms with van der Waals surface area (Å²) < 4.78 is 5.55. The first-order chi connectivity index (χ1) is 11.2. The largest absolute Gasteiger partial charge is 0.492 e. The lowest BCUT2D eigenvalue weighted by molar-refractivity contribution is -0.117. The molecule has 0 spiro atoms. The predicted octanol–water partition coefficient (Wildman–Crippen LogP) is 2.50. The molecule has 3 N–H and O–H groups in total. The van der Waals surface area contributed by atoms with Gasteiger partial charge in [-0.15, -0.1) is 12.4 Å². The number of benzene rings is 1. The highest BCUT2D eigenvalue weighted by Gasteiger charge is 2.38. The summed E-state index contributed by atoms with van der Waals surface area (Å²) in [6.45, 7) is 4.90. The molecule has 1 aromatic rings. The molecule has 1 saturated heterocycles. The van der Waals surface area contributed by atoms with Crippen molar-refractivity contribution in [3.63, 3.8) is 0 Å². The second-order valence-electron chi connectivity index (χ2n) is 6.69. The van der Waals surface area contributed by atoms with Crippen LogP contribution in [0.2, 0.25) is 0 Å². The first-order valence-electron chi connectivity index (χ1n) is 8.67. The second-order valence-corrected chi connectivity index (χ2v) is 6.69. The van der Waals surface area contributed by atoms with E-state index in [1.807, 2.05) is 31.2 Å². The van der Waals surface area contributed by atoms with E-state index in [0.29, 0.717) is 31.0 Å². The molecule has 1 amide bonds. The van der Waals surface area contributed by atoms with Crippen molar-refractivity contribution in [1.82, 2.24) is 4.90 Å². The molecule has 3 unspecified atom stereocenters. The van der Waals surface area contributed by atoms with Crippen LogP contribution in [0.1, 0.15) is 26.2 Å². The topological polar surface area (TPSA) is 67.6 Å². The number of rotatable bonds is 5. The van der Waals surface area contributed by atoms with Crippen molar-refractivity contribution in [2.24, 2.45) is 17.6 Å². The van der Waals surface area contributed by atoms with Gasteiger partial charge in [-0.2, -0.15) is 0 Å². The van der Waals surface area contributed by atoms with Crippen molar-refractivity contribution in [3.05, 3.63) is 24.3 Å². The first-order valence-corrected chi connectivity index (χ1v) is 8.67. The minimum Gasteiger partial charge on any atom is -0.492 e. The summed E-state index contributed by atoms with van der Waals surface area (Å²) in [6, 6.07) is 7.88. The third-order valence-corrected chi connectivity index (χ3v) is 5.06. The van der Waals surface area contributed by atoms with E-state index in [-0.39, 0.29) is 18.3 Å². The molecule has 1 saturated carbocycles. The van der Waals surface area contributed by atoms with Gasteiger partial charge in [0.1, 0.15) is 5.75 Å². The molecule has 0 aromatic heterocycles. The Morgan fingerprint density at radius 1 is 1.33 bits per heavy atom. The zero-order valence-corrected chi connectivity index (χ0v) is 15.1. The molecule has 0 bridgehead atoms. The van der Waals surface area contributed by atoms with Gasteiger partial charge in [0, 0.05) is 19.1 Å². The zero-order chi connectivity index (χ0) is 16.2. The third-order valence-electron chi connectivity index (χ3n) is 5.06. The van der Waals surface area contributed by atoms with Gasteiger partial charge in [0.15, 0.2) is 0 Å². The maximum atomic E-state index is 12.4. The van der Waals surface area contributed by atoms with Crippen molar-refractivity contribution in [2.45, 2.75) is 32.2 Å². The summed E-state index contributed by atoms with van der Waals surface area (Å²) in [7, 11) is 0. The van der Waals surface area contributed by atoms with Crippen LogP contribution in [0.25, 0.3) is 0 Å². The average Bonchev–Trinajstić information content (AvgIpc) is 2.93. The van der Waals surface area contributed by atoms with E-state index in [1.165, 1.54) is 12.8 Å². The van der Waals surface area contributed by atoms with E-state index in [4.69, 9.17) is 10.5 Å². The lowest BCUT2D eigenvalue weighted by Gasteiger charge is -2.29. The van der Waals surface area contributed by atoms with Crippen LogP contribution in [0.15, 0.2) is 24.3 Å². The molecule has 1 aliphatic heterocycles. The zero-order valence-electron chi connectivity index (χ0n) is 14.2. The number of para-hydroxylation sites is 2. The van der Waals surface area contributed by atoms with Gasteiger partial charge in [-0.05, 0) is 43.7 Å². The highest BCUT2D eigenvalue weighted by atomic mass is 35.5. The Morgan fingerprint density at radius 2 is 2.12 bits per heavy atom. The number of hydrogen-bond donors (Lipinski definition) is 2. The summed E-state index contributed by atoms with van der Waals surface area (Å²) in [4.78, 5) is 14.6. The normalized spacial score (nSPS) is 26.3. The highest BCUT2D eigenvalue weighted by molar-refractivity contribution is 5.93. The standard InChI is InChI=1S/C18H27N3O2.ClH/c1-2-23-17-9-4-3-8-16(17)20-18(22)12-21-10-13-6-5-7-15(19)14(13)11-21;/h3-4,8-9,13-15H,2,5-7,10-12,19H2,1H3,(H,20,22);1H. The number of carbonyl (C=O) groups excluding carboxylic acids is 1. The van der Waals surface area contributed by atoms with Gasteiger partial charge in [0.05, 0.1) is 18.8 Å². The van der Waals surface area contributed by atoms with E-state index >= 15 is 0 Å². The van der Waals surface area contributed by atoms with E-state index in [2.05, 4.69) is 10.2 Å². The molecule has 0 radical (unpaired) electrons. The van der Waals surface area contributed by atoms with Gasteiger partial charge < -0.3 is 15.8 Å². The van der Waals surface area contributed by atoms with Crippen LogP contribution in [0.5, 0.6) is 5.75 Å². The number of amides is 1. The lowest BCUT2D eigenvalue weighted by Crippen LogP contribution is -2.38. The molecule has 1 aromatic carbocycles. The molecular weight excluding hydrogens is 326 g/mol. The van der Waals surface area contributed by atoms with Crippen LogP contribution < -0.4 is 15.8 Å². The first kappa shape index (κ1) is 19.0. The molecule has 1 heterocycles. The van der Waals surface area contributed by atoms with Gasteiger partial charge in [0.2, 0.25) is 5.91 Å². The lowest BCUT2D eigenvalue weighted by atomic mass is 9.78. The fourth-order valence-electron chi connectivity index (χ4n) is 3.98. The SMILES string of the molecule is CCOc1ccccc1NC(=O)CN1CC2CCCC(N)C2C1.Cl. The van der Waals surface area contributed by atoms with Crippen LogP contribution in [0.4, 0.5) is 5.69 Å². The smallest absolute Gasteiger partial charge is 0.238 e. The number of carbonyl (C=O) groups is 1. The Hall–Kier alpha value is -1.30. The van der Waals surface area contributed by atoms with Crippen LogP contribution >= 0.6 is 12.4 Å². The summed E-state index contributed by atoms with van der Waals surface area (Å²) >= 11 is 0. The quantitative estimate of drug-likeness (QED) is 0.853. The van der Waals surface area contributed by atoms with Crippen molar-refractivity contribution in [2.75, 3.05) is 31.6 Å². The minimum atomic E-state index is 0. The van der Waals surface area contributed by atoms with Crippen LogP contribution in [-0.4, -0.2) is 43.1 Å². The number of ether oxygens (including phenoxy) is 1. The number of hydrogen-bond acceptors (Lipinski definition) is 4. The molecule has 134 valence electrons. The summed E-state index contributed by atoms with van der Waals surface area (Å²) in [5, 5.41) is 2.98. The fraction of sp³-hybridized carbons (Fsp3) is 0.611. The Bertz CT molecular complexity index is 555. The van der Waals surface area contributed by atoms with E-state index in [1.54, 1.807) is 0 Å². The number of nitrogens with zero attached hydrogens (tertiary/aromatic N) is 1. The number of nitrogens with one attached hydrogen (secondary N) is 1. The molecule has 6 heteroatoms. The maximum absolute atomic E-state index is 12.4. The second kappa shape index (κ2) is 8.70. The van der Waals surface area contributed by atoms with Crippen LogP contribution in [-0.2, 0) is 4.79 Å². The Labute approximate surface area is 150 Å². The van der Waals surface area contributed by atoms with Crippen LogP contribution in [0.3, 0.4) is 0 Å². The van der Waals surface area contributed by atoms with Crippen molar-refractivity contribution < 1.29 is 9.53 Å². The number of fused-ring (bicyclic) bond motifs is 1. The van der Waals surface area contributed by atoms with E-state index in [9.17, 15) is 4.79 Å². The van der Waals surface area contributed by atoms with E-state index in [0.717, 1.165) is 30.9 Å². The van der Waals surface area contributed by atoms with Crippen LogP contribution in [0, 0.1) is 11.8 Å². The molecule has 5 nitrogen and oxygen atoms in total. The van der Waals surface area contributed by atoms with Crippen molar-refractivity contribution in [3.8, 4) is 5.75 Å². The Balaban J connectivity index is 0.00000208. The highest BCUT2D eigenvalue weighted by Crippen LogP contribution is 2.35. The fourth-order valence-corrected chi connectivity index (χ4v) is 3.98. The third kappa shape index (κ3) is 4.41. The minimum absolute atomic E-state index is 0. The van der Waals surface area contributed by atoms with Gasteiger partial charge in [-0.25, -0.2) is 0 Å². The maximum Gasteiger partial charge on any atom is 0.238 e. The number of halogens is 1. The van der Waals surface area contributed by atoms with Gasteiger partial charge in [-0.3, -0.25) is 9.69 Å². The molecule has 2 fully saturated rings. The predicted molar refractivity (Wildman–Crippen MR) is 98.7 cm³/mol. The molecule has 2 aliphatic rings. The average molecular weight is 354 g/mol. The van der Waals surface area contributed by atoms with Gasteiger partial charge in [0.25, 0.3) is 0 Å². The molecule has 24 heavy (non-hydrogen) atoms. The van der Waals surface area contributed by atoms with Gasteiger partial charge in [-0.1, -0.05) is 18.6 Å². The summed E-state index contributed by atoms with van der Waals surface area (Å²) in [6.07, 6.45) is 3.61. The molecular formula is C18H28ClN3O2. The molecule has 1 aliphatic carbocycles. The monoisotopic (exact) mass is 353 g/mol. The molecule has 3 rings (SSSR count).